The molecule has 0 aliphatic heterocycles. The number of pyridine rings is 1. The Labute approximate surface area is 99.9 Å². The molecular formula is C13H14N2O2. The van der Waals surface area contributed by atoms with Crippen molar-refractivity contribution in [1.82, 2.24) is 9.88 Å². The van der Waals surface area contributed by atoms with Crippen LogP contribution in [0.4, 0.5) is 0 Å². The summed E-state index contributed by atoms with van der Waals surface area (Å²) in [5.74, 6) is 1.15. The second-order valence-electron chi connectivity index (χ2n) is 3.92. The second-order valence-corrected chi connectivity index (χ2v) is 3.92. The van der Waals surface area contributed by atoms with Crippen LogP contribution in [-0.2, 0) is 13.1 Å². The highest BCUT2D eigenvalue weighted by Gasteiger charge is 2.06. The van der Waals surface area contributed by atoms with E-state index < -0.39 is 0 Å². The van der Waals surface area contributed by atoms with Gasteiger partial charge in [-0.2, -0.15) is 0 Å². The summed E-state index contributed by atoms with van der Waals surface area (Å²) in [4.78, 5) is 16.8. The smallest absolute Gasteiger partial charge is 0.185 e. The lowest BCUT2D eigenvalue weighted by molar-refractivity contribution is 0.109. The van der Waals surface area contributed by atoms with Crippen molar-refractivity contribution in [2.75, 3.05) is 7.05 Å². The summed E-state index contributed by atoms with van der Waals surface area (Å²) in [6.07, 6.45) is 2.49. The molecule has 2 rings (SSSR count). The van der Waals surface area contributed by atoms with Gasteiger partial charge in [-0.3, -0.25) is 14.7 Å². The van der Waals surface area contributed by atoms with Crippen molar-refractivity contribution >= 4 is 6.29 Å². The fraction of sp³-hybridized carbons (Fsp3) is 0.231. The molecule has 0 radical (unpaired) electrons. The van der Waals surface area contributed by atoms with E-state index in [0.717, 1.165) is 18.0 Å². The predicted octanol–water partition coefficient (Wildman–Crippen LogP) is 2.12. The molecule has 17 heavy (non-hydrogen) atoms. The summed E-state index contributed by atoms with van der Waals surface area (Å²) in [5.41, 5.74) is 1.01. The Morgan fingerprint density at radius 2 is 2.18 bits per heavy atom. The number of aromatic nitrogens is 1. The van der Waals surface area contributed by atoms with Crippen LogP contribution in [-0.4, -0.2) is 23.2 Å². The highest BCUT2D eigenvalue weighted by Crippen LogP contribution is 2.09. The van der Waals surface area contributed by atoms with Crippen molar-refractivity contribution in [3.8, 4) is 0 Å². The molecule has 0 aliphatic carbocycles. The van der Waals surface area contributed by atoms with E-state index in [-0.39, 0.29) is 0 Å². The van der Waals surface area contributed by atoms with Crippen LogP contribution < -0.4 is 0 Å². The molecule has 0 atom stereocenters. The number of hydrogen-bond donors (Lipinski definition) is 0. The van der Waals surface area contributed by atoms with Crippen molar-refractivity contribution in [3.05, 3.63) is 53.7 Å². The lowest BCUT2D eigenvalue weighted by Gasteiger charge is -2.14. The zero-order valence-corrected chi connectivity index (χ0v) is 9.67. The van der Waals surface area contributed by atoms with Gasteiger partial charge in [-0.1, -0.05) is 6.07 Å². The lowest BCUT2D eigenvalue weighted by atomic mass is 10.3. The lowest BCUT2D eigenvalue weighted by Crippen LogP contribution is -2.17. The third kappa shape index (κ3) is 3.26. The monoisotopic (exact) mass is 230 g/mol. The number of nitrogens with zero attached hydrogens (tertiary/aromatic N) is 2. The Kier molecular flexibility index (Phi) is 3.67. The van der Waals surface area contributed by atoms with Gasteiger partial charge < -0.3 is 4.42 Å². The molecule has 0 saturated heterocycles. The highest BCUT2D eigenvalue weighted by molar-refractivity contribution is 5.70. The predicted molar refractivity (Wildman–Crippen MR) is 63.5 cm³/mol. The molecule has 0 amide bonds. The van der Waals surface area contributed by atoms with Crippen LogP contribution in [0.5, 0.6) is 0 Å². The number of aldehydes is 1. The van der Waals surface area contributed by atoms with Gasteiger partial charge in [-0.15, -0.1) is 0 Å². The average molecular weight is 230 g/mol. The Morgan fingerprint density at radius 1 is 1.29 bits per heavy atom. The number of hydrogen-bond acceptors (Lipinski definition) is 4. The molecule has 0 fully saturated rings. The molecule has 2 heterocycles. The first-order chi connectivity index (χ1) is 8.28. The standard InChI is InChI=1S/C13H14N2O2/c1-15(8-11-4-2-3-7-14-11)9-12-5-6-13(10-16)17-12/h2-7,10H,8-9H2,1H3. The van der Waals surface area contributed by atoms with Crippen molar-refractivity contribution in [1.29, 1.82) is 0 Å². The Bertz CT molecular complexity index is 479. The minimum absolute atomic E-state index is 0.367. The van der Waals surface area contributed by atoms with Crippen LogP contribution in [0.1, 0.15) is 22.0 Å². The third-order valence-corrected chi connectivity index (χ3v) is 2.38. The minimum atomic E-state index is 0.367. The number of furan rings is 1. The van der Waals surface area contributed by atoms with Gasteiger partial charge in [-0.25, -0.2) is 0 Å². The fourth-order valence-electron chi connectivity index (χ4n) is 1.63. The third-order valence-electron chi connectivity index (χ3n) is 2.38. The van der Waals surface area contributed by atoms with Gasteiger partial charge in [0.15, 0.2) is 12.0 Å². The number of rotatable bonds is 5. The molecule has 88 valence electrons. The van der Waals surface area contributed by atoms with Gasteiger partial charge in [0.05, 0.1) is 12.2 Å². The fourth-order valence-corrected chi connectivity index (χ4v) is 1.63. The van der Waals surface area contributed by atoms with Gasteiger partial charge in [0.2, 0.25) is 0 Å². The molecular weight excluding hydrogens is 216 g/mol. The maximum Gasteiger partial charge on any atom is 0.185 e. The highest BCUT2D eigenvalue weighted by atomic mass is 16.3. The SMILES string of the molecule is CN(Cc1ccccn1)Cc1ccc(C=O)o1. The first kappa shape index (κ1) is 11.5. The normalized spacial score (nSPS) is 10.7. The summed E-state index contributed by atoms with van der Waals surface area (Å²) in [6, 6.07) is 9.34. The van der Waals surface area contributed by atoms with Gasteiger partial charge >= 0.3 is 0 Å². The summed E-state index contributed by atoms with van der Waals surface area (Å²) in [6.45, 7) is 1.41. The molecule has 4 heteroatoms. The van der Waals surface area contributed by atoms with Gasteiger partial charge in [0.25, 0.3) is 0 Å². The molecule has 0 aliphatic rings. The molecule has 0 bridgehead atoms. The van der Waals surface area contributed by atoms with Crippen LogP contribution >= 0.6 is 0 Å². The van der Waals surface area contributed by atoms with Crippen LogP contribution in [0.25, 0.3) is 0 Å². The number of carbonyl (C=O) groups excluding carboxylic acids is 1. The molecule has 0 unspecified atom stereocenters. The first-order valence-corrected chi connectivity index (χ1v) is 5.40. The maximum absolute atomic E-state index is 10.5. The second kappa shape index (κ2) is 5.41. The molecule has 0 aromatic carbocycles. The van der Waals surface area contributed by atoms with Gasteiger partial charge in [0.1, 0.15) is 5.76 Å². The first-order valence-electron chi connectivity index (χ1n) is 5.40. The van der Waals surface area contributed by atoms with E-state index in [9.17, 15) is 4.79 Å². The Balaban J connectivity index is 1.93. The molecule has 0 N–H and O–H groups in total. The Morgan fingerprint density at radius 3 is 2.82 bits per heavy atom. The van der Waals surface area contributed by atoms with E-state index in [0.29, 0.717) is 18.6 Å². The van der Waals surface area contributed by atoms with E-state index in [4.69, 9.17) is 4.42 Å². The maximum atomic E-state index is 10.5. The number of carbonyl (C=O) groups is 1. The summed E-state index contributed by atoms with van der Waals surface area (Å²) in [5, 5.41) is 0. The van der Waals surface area contributed by atoms with Gasteiger partial charge in [0, 0.05) is 12.7 Å². The van der Waals surface area contributed by atoms with E-state index in [1.807, 2.05) is 31.3 Å². The Hall–Kier alpha value is -1.94. The molecule has 0 spiro atoms. The van der Waals surface area contributed by atoms with E-state index in [1.54, 1.807) is 12.3 Å². The zero-order chi connectivity index (χ0) is 12.1. The summed E-state index contributed by atoms with van der Waals surface area (Å²) in [7, 11) is 1.98. The molecule has 2 aromatic rings. The molecule has 2 aromatic heterocycles. The van der Waals surface area contributed by atoms with Crippen molar-refractivity contribution in [2.24, 2.45) is 0 Å². The minimum Gasteiger partial charge on any atom is -0.457 e. The van der Waals surface area contributed by atoms with Gasteiger partial charge in [-0.05, 0) is 31.3 Å². The van der Waals surface area contributed by atoms with Crippen LogP contribution in [0.2, 0.25) is 0 Å². The van der Waals surface area contributed by atoms with Crippen molar-refractivity contribution in [2.45, 2.75) is 13.1 Å². The van der Waals surface area contributed by atoms with Crippen LogP contribution in [0.15, 0.2) is 40.9 Å². The molecule has 0 saturated carbocycles. The van der Waals surface area contributed by atoms with Crippen molar-refractivity contribution < 1.29 is 9.21 Å². The summed E-state index contributed by atoms with van der Waals surface area (Å²) >= 11 is 0. The topological polar surface area (TPSA) is 46.3 Å². The van der Waals surface area contributed by atoms with E-state index in [2.05, 4.69) is 9.88 Å². The van der Waals surface area contributed by atoms with Crippen LogP contribution in [0, 0.1) is 0 Å². The van der Waals surface area contributed by atoms with Crippen molar-refractivity contribution in [3.63, 3.8) is 0 Å². The quantitative estimate of drug-likeness (QED) is 0.738. The average Bonchev–Trinajstić information content (AvgIpc) is 2.78. The summed E-state index contributed by atoms with van der Waals surface area (Å²) < 4.78 is 5.31. The van der Waals surface area contributed by atoms with Crippen LogP contribution in [0.3, 0.4) is 0 Å². The largest absolute Gasteiger partial charge is 0.457 e. The van der Waals surface area contributed by atoms with E-state index in [1.165, 1.54) is 0 Å². The van der Waals surface area contributed by atoms with E-state index >= 15 is 0 Å². The molecule has 4 nitrogen and oxygen atoms in total. The zero-order valence-electron chi connectivity index (χ0n) is 9.67.